The molecule has 0 N–H and O–H groups in total. The van der Waals surface area contributed by atoms with Gasteiger partial charge in [-0.3, -0.25) is 4.79 Å². The number of hydrogen-bond acceptors (Lipinski definition) is 1. The van der Waals surface area contributed by atoms with Crippen LogP contribution in [0, 0.1) is 9.49 Å². The van der Waals surface area contributed by atoms with Gasteiger partial charge in [-0.05, 0) is 52.4 Å². The highest BCUT2D eigenvalue weighted by atomic mass is 127. The van der Waals surface area contributed by atoms with Crippen LogP contribution in [0.1, 0.15) is 20.3 Å². The van der Waals surface area contributed by atoms with Crippen LogP contribution in [0.2, 0.25) is 0 Å². The summed E-state index contributed by atoms with van der Waals surface area (Å²) in [4.78, 5) is 12.2. The van der Waals surface area contributed by atoms with Crippen molar-refractivity contribution in [2.45, 2.75) is 26.8 Å². The molecule has 0 amide bonds. The Balaban J connectivity index is 2.58. The van der Waals surface area contributed by atoms with E-state index in [1.54, 1.807) is 0 Å². The third-order valence-electron chi connectivity index (χ3n) is 2.89. The summed E-state index contributed by atoms with van der Waals surface area (Å²) in [6, 6.07) is 10.0. The maximum Gasteiger partial charge on any atom is 0.264 e. The van der Waals surface area contributed by atoms with E-state index in [9.17, 15) is 4.79 Å². The SMILES string of the molecule is CC(C)CCn1c(=O)c(I)cc2ccccc21. The van der Waals surface area contributed by atoms with Gasteiger partial charge < -0.3 is 4.57 Å². The predicted octanol–water partition coefficient (Wildman–Crippen LogP) is 3.65. The maximum absolute atomic E-state index is 12.2. The van der Waals surface area contributed by atoms with Gasteiger partial charge in [0.1, 0.15) is 0 Å². The summed E-state index contributed by atoms with van der Waals surface area (Å²) in [7, 11) is 0. The summed E-state index contributed by atoms with van der Waals surface area (Å²) in [6.45, 7) is 5.16. The van der Waals surface area contributed by atoms with E-state index in [2.05, 4.69) is 42.5 Å². The van der Waals surface area contributed by atoms with Gasteiger partial charge in [-0.1, -0.05) is 32.0 Å². The molecule has 90 valence electrons. The Morgan fingerprint density at radius 1 is 1.29 bits per heavy atom. The molecule has 0 saturated heterocycles. The molecule has 2 rings (SSSR count). The first kappa shape index (κ1) is 12.6. The number of para-hydroxylation sites is 1. The minimum Gasteiger partial charge on any atom is -0.307 e. The summed E-state index contributed by atoms with van der Waals surface area (Å²) in [5, 5.41) is 1.14. The van der Waals surface area contributed by atoms with Crippen LogP contribution in [-0.2, 0) is 6.54 Å². The van der Waals surface area contributed by atoms with Crippen LogP contribution >= 0.6 is 22.6 Å². The Morgan fingerprint density at radius 3 is 2.71 bits per heavy atom. The lowest BCUT2D eigenvalue weighted by Crippen LogP contribution is -2.23. The maximum atomic E-state index is 12.2. The topological polar surface area (TPSA) is 22.0 Å². The smallest absolute Gasteiger partial charge is 0.264 e. The summed E-state index contributed by atoms with van der Waals surface area (Å²) in [5.41, 5.74) is 1.17. The molecule has 1 aromatic heterocycles. The van der Waals surface area contributed by atoms with E-state index in [4.69, 9.17) is 0 Å². The number of nitrogens with zero attached hydrogens (tertiary/aromatic N) is 1. The zero-order valence-corrected chi connectivity index (χ0v) is 12.3. The van der Waals surface area contributed by atoms with Gasteiger partial charge in [0.05, 0.1) is 9.09 Å². The molecule has 0 atom stereocenters. The molecule has 0 aliphatic heterocycles. The monoisotopic (exact) mass is 341 g/mol. The van der Waals surface area contributed by atoms with E-state index in [-0.39, 0.29) is 5.56 Å². The number of aryl methyl sites for hydroxylation is 1. The molecule has 0 bridgehead atoms. The van der Waals surface area contributed by atoms with Gasteiger partial charge in [0.25, 0.3) is 5.56 Å². The van der Waals surface area contributed by atoms with Gasteiger partial charge >= 0.3 is 0 Å². The highest BCUT2D eigenvalue weighted by Gasteiger charge is 2.07. The van der Waals surface area contributed by atoms with Crippen LogP contribution in [0.5, 0.6) is 0 Å². The minimum atomic E-state index is 0.130. The first-order valence-corrected chi connectivity index (χ1v) is 6.95. The van der Waals surface area contributed by atoms with Gasteiger partial charge in [-0.25, -0.2) is 0 Å². The third kappa shape index (κ3) is 2.70. The van der Waals surface area contributed by atoms with Crippen molar-refractivity contribution in [3.63, 3.8) is 0 Å². The van der Waals surface area contributed by atoms with E-state index in [1.807, 2.05) is 28.8 Å². The van der Waals surface area contributed by atoms with Crippen molar-refractivity contribution >= 4 is 33.5 Å². The lowest BCUT2D eigenvalue weighted by Gasteiger charge is -2.12. The number of benzene rings is 1. The van der Waals surface area contributed by atoms with Gasteiger partial charge in [-0.15, -0.1) is 0 Å². The van der Waals surface area contributed by atoms with E-state index in [0.717, 1.165) is 27.4 Å². The van der Waals surface area contributed by atoms with E-state index >= 15 is 0 Å². The number of rotatable bonds is 3. The number of halogens is 1. The lowest BCUT2D eigenvalue weighted by molar-refractivity contribution is 0.516. The molecule has 0 aliphatic carbocycles. The van der Waals surface area contributed by atoms with Gasteiger partial charge in [0.15, 0.2) is 0 Å². The standard InChI is InChI=1S/C14H16INO/c1-10(2)7-8-16-13-6-4-3-5-11(13)9-12(15)14(16)17/h3-6,9-10H,7-8H2,1-2H3. The third-order valence-corrected chi connectivity index (χ3v) is 3.66. The summed E-state index contributed by atoms with van der Waals surface area (Å²) in [6.07, 6.45) is 1.03. The van der Waals surface area contributed by atoms with Crippen LogP contribution in [0.25, 0.3) is 10.9 Å². The molecule has 2 aromatic rings. The van der Waals surface area contributed by atoms with Crippen molar-refractivity contribution in [1.29, 1.82) is 0 Å². The zero-order chi connectivity index (χ0) is 12.4. The van der Waals surface area contributed by atoms with Crippen LogP contribution in [0.3, 0.4) is 0 Å². The van der Waals surface area contributed by atoms with Crippen molar-refractivity contribution in [2.75, 3.05) is 0 Å². The largest absolute Gasteiger partial charge is 0.307 e. The Morgan fingerprint density at radius 2 is 2.00 bits per heavy atom. The first-order chi connectivity index (χ1) is 8.09. The second kappa shape index (κ2) is 5.21. The number of aromatic nitrogens is 1. The van der Waals surface area contributed by atoms with Crippen LogP contribution in [0.4, 0.5) is 0 Å². The fourth-order valence-corrected chi connectivity index (χ4v) is 2.53. The van der Waals surface area contributed by atoms with E-state index in [1.165, 1.54) is 0 Å². The molecule has 0 unspecified atom stereocenters. The van der Waals surface area contributed by atoms with Gasteiger partial charge in [0.2, 0.25) is 0 Å². The molecule has 0 spiro atoms. The second-order valence-corrected chi connectivity index (χ2v) is 5.85. The average Bonchev–Trinajstić information content (AvgIpc) is 2.29. The fraction of sp³-hybridized carbons (Fsp3) is 0.357. The van der Waals surface area contributed by atoms with Crippen molar-refractivity contribution in [3.05, 3.63) is 44.3 Å². The molecule has 0 saturated carbocycles. The molecule has 0 radical (unpaired) electrons. The molecule has 0 aliphatic rings. The molecule has 1 aromatic carbocycles. The molecular weight excluding hydrogens is 325 g/mol. The van der Waals surface area contributed by atoms with Crippen molar-refractivity contribution in [1.82, 2.24) is 4.57 Å². The van der Waals surface area contributed by atoms with Gasteiger partial charge in [0, 0.05) is 6.54 Å². The van der Waals surface area contributed by atoms with Crippen molar-refractivity contribution in [3.8, 4) is 0 Å². The Kier molecular flexibility index (Phi) is 3.86. The second-order valence-electron chi connectivity index (χ2n) is 4.69. The number of fused-ring (bicyclic) bond motifs is 1. The molecule has 0 fully saturated rings. The zero-order valence-electron chi connectivity index (χ0n) is 10.1. The van der Waals surface area contributed by atoms with Crippen LogP contribution in [-0.4, -0.2) is 4.57 Å². The Labute approximate surface area is 115 Å². The molecular formula is C14H16INO. The Bertz CT molecular complexity index is 586. The number of hydrogen-bond donors (Lipinski definition) is 0. The van der Waals surface area contributed by atoms with E-state index in [0.29, 0.717) is 5.92 Å². The first-order valence-electron chi connectivity index (χ1n) is 5.87. The number of pyridine rings is 1. The van der Waals surface area contributed by atoms with Crippen molar-refractivity contribution < 1.29 is 0 Å². The van der Waals surface area contributed by atoms with Crippen LogP contribution < -0.4 is 5.56 Å². The quantitative estimate of drug-likeness (QED) is 0.781. The lowest BCUT2D eigenvalue weighted by atomic mass is 10.1. The molecule has 1 heterocycles. The average molecular weight is 341 g/mol. The van der Waals surface area contributed by atoms with E-state index < -0.39 is 0 Å². The summed E-state index contributed by atoms with van der Waals surface area (Å²) >= 11 is 2.12. The predicted molar refractivity (Wildman–Crippen MR) is 80.4 cm³/mol. The van der Waals surface area contributed by atoms with Crippen molar-refractivity contribution in [2.24, 2.45) is 5.92 Å². The summed E-state index contributed by atoms with van der Waals surface area (Å²) < 4.78 is 2.70. The molecule has 2 nitrogen and oxygen atoms in total. The fourth-order valence-electron chi connectivity index (χ4n) is 1.90. The molecule has 3 heteroatoms. The Hall–Kier alpha value is -0.840. The highest BCUT2D eigenvalue weighted by molar-refractivity contribution is 14.1. The highest BCUT2D eigenvalue weighted by Crippen LogP contribution is 2.15. The summed E-state index contributed by atoms with van der Waals surface area (Å²) in [5.74, 6) is 0.610. The minimum absolute atomic E-state index is 0.130. The van der Waals surface area contributed by atoms with Crippen LogP contribution in [0.15, 0.2) is 35.1 Å². The normalized spacial score (nSPS) is 11.3. The van der Waals surface area contributed by atoms with Gasteiger partial charge in [-0.2, -0.15) is 0 Å². The molecule has 17 heavy (non-hydrogen) atoms.